The van der Waals surface area contributed by atoms with Crippen LogP contribution in [0.15, 0.2) is 30.5 Å². The Morgan fingerprint density at radius 3 is 2.54 bits per heavy atom. The molecule has 140 valence electrons. The first-order valence-electron chi connectivity index (χ1n) is 9.30. The Labute approximate surface area is 155 Å². The zero-order valence-electron chi connectivity index (χ0n) is 16.1. The summed E-state index contributed by atoms with van der Waals surface area (Å²) in [6.45, 7) is 6.43. The third-order valence-corrected chi connectivity index (χ3v) is 5.36. The quantitative estimate of drug-likeness (QED) is 0.796. The lowest BCUT2D eigenvalue weighted by Gasteiger charge is -2.24. The first-order valence-corrected chi connectivity index (χ1v) is 9.30. The largest absolute Gasteiger partial charge is 0.493 e. The zero-order valence-corrected chi connectivity index (χ0v) is 16.1. The fourth-order valence-corrected chi connectivity index (χ4v) is 3.92. The van der Waals surface area contributed by atoms with Crippen molar-refractivity contribution in [1.82, 2.24) is 9.47 Å². The Bertz CT molecular complexity index is 778. The van der Waals surface area contributed by atoms with E-state index in [1.54, 1.807) is 14.2 Å². The SMILES string of the molecule is CCN(CC)C(=O)CC1c2cc(OC)c(OC)cc2CCn2cccc21. The van der Waals surface area contributed by atoms with Crippen molar-refractivity contribution in [3.63, 3.8) is 0 Å². The lowest BCUT2D eigenvalue weighted by Crippen LogP contribution is -2.32. The summed E-state index contributed by atoms with van der Waals surface area (Å²) in [5.41, 5.74) is 3.58. The van der Waals surface area contributed by atoms with Gasteiger partial charge in [-0.05, 0) is 55.7 Å². The van der Waals surface area contributed by atoms with Crippen LogP contribution in [0, 0.1) is 0 Å². The van der Waals surface area contributed by atoms with Gasteiger partial charge in [-0.25, -0.2) is 0 Å². The number of carbonyl (C=O) groups is 1. The molecule has 3 rings (SSSR count). The molecule has 2 heterocycles. The van der Waals surface area contributed by atoms with Crippen molar-refractivity contribution >= 4 is 5.91 Å². The monoisotopic (exact) mass is 356 g/mol. The molecular formula is C21H28N2O3. The first-order chi connectivity index (χ1) is 12.6. The van der Waals surface area contributed by atoms with Gasteiger partial charge in [-0.2, -0.15) is 0 Å². The number of benzene rings is 1. The summed E-state index contributed by atoms with van der Waals surface area (Å²) >= 11 is 0. The van der Waals surface area contributed by atoms with Crippen LogP contribution in [0.4, 0.5) is 0 Å². The van der Waals surface area contributed by atoms with Crippen molar-refractivity contribution in [2.24, 2.45) is 0 Å². The van der Waals surface area contributed by atoms with Gasteiger partial charge >= 0.3 is 0 Å². The molecule has 0 fully saturated rings. The second-order valence-electron chi connectivity index (χ2n) is 6.61. The average Bonchev–Trinajstić information content (AvgIpc) is 3.08. The number of methoxy groups -OCH3 is 2. The van der Waals surface area contributed by atoms with Gasteiger partial charge in [0.2, 0.25) is 5.91 Å². The first kappa shape index (κ1) is 18.4. The van der Waals surface area contributed by atoms with E-state index in [9.17, 15) is 4.79 Å². The Hall–Kier alpha value is -2.43. The van der Waals surface area contributed by atoms with E-state index in [0.717, 1.165) is 31.8 Å². The highest BCUT2D eigenvalue weighted by Crippen LogP contribution is 2.40. The van der Waals surface area contributed by atoms with Crippen molar-refractivity contribution in [2.45, 2.75) is 39.2 Å². The van der Waals surface area contributed by atoms with Gasteiger partial charge in [0.1, 0.15) is 0 Å². The van der Waals surface area contributed by atoms with E-state index in [1.807, 2.05) is 18.7 Å². The number of rotatable bonds is 6. The molecule has 1 aliphatic heterocycles. The highest BCUT2D eigenvalue weighted by Gasteiger charge is 2.28. The molecule has 1 aromatic heterocycles. The Balaban J connectivity index is 2.07. The van der Waals surface area contributed by atoms with Crippen molar-refractivity contribution in [3.8, 4) is 11.5 Å². The molecular weight excluding hydrogens is 328 g/mol. The number of nitrogens with zero attached hydrogens (tertiary/aromatic N) is 2. The smallest absolute Gasteiger partial charge is 0.223 e. The van der Waals surface area contributed by atoms with Gasteiger partial charge in [0.15, 0.2) is 11.5 Å². The van der Waals surface area contributed by atoms with Crippen LogP contribution >= 0.6 is 0 Å². The van der Waals surface area contributed by atoms with Gasteiger partial charge in [0, 0.05) is 43.9 Å². The van der Waals surface area contributed by atoms with Crippen molar-refractivity contribution in [2.75, 3.05) is 27.3 Å². The zero-order chi connectivity index (χ0) is 18.7. The third kappa shape index (κ3) is 3.30. The number of hydrogen-bond donors (Lipinski definition) is 0. The van der Waals surface area contributed by atoms with Crippen LogP contribution in [-0.4, -0.2) is 42.7 Å². The van der Waals surface area contributed by atoms with Crippen LogP contribution in [0.25, 0.3) is 0 Å². The van der Waals surface area contributed by atoms with E-state index >= 15 is 0 Å². The molecule has 1 amide bonds. The molecule has 5 nitrogen and oxygen atoms in total. The van der Waals surface area contributed by atoms with Crippen molar-refractivity contribution < 1.29 is 14.3 Å². The van der Waals surface area contributed by atoms with Gasteiger partial charge in [-0.3, -0.25) is 4.79 Å². The van der Waals surface area contributed by atoms with E-state index < -0.39 is 0 Å². The maximum atomic E-state index is 12.9. The minimum absolute atomic E-state index is 0.0235. The Morgan fingerprint density at radius 1 is 1.19 bits per heavy atom. The Morgan fingerprint density at radius 2 is 1.88 bits per heavy atom. The fraction of sp³-hybridized carbons (Fsp3) is 0.476. The summed E-state index contributed by atoms with van der Waals surface area (Å²) in [6, 6.07) is 8.31. The molecule has 0 N–H and O–H groups in total. The molecule has 1 atom stereocenters. The average molecular weight is 356 g/mol. The van der Waals surface area contributed by atoms with Crippen LogP contribution in [0.2, 0.25) is 0 Å². The standard InChI is InChI=1S/C21H28N2O3/c1-5-22(6-2)21(24)14-17-16-13-20(26-4)19(25-3)12-15(16)9-11-23-10-7-8-18(17)23/h7-8,10,12-13,17H,5-6,9,11,14H2,1-4H3. The predicted octanol–water partition coefficient (Wildman–Crippen LogP) is 3.45. The van der Waals surface area contributed by atoms with Gasteiger partial charge in [0.25, 0.3) is 0 Å². The molecule has 0 radical (unpaired) electrons. The van der Waals surface area contributed by atoms with Crippen LogP contribution in [0.3, 0.4) is 0 Å². The number of hydrogen-bond acceptors (Lipinski definition) is 3. The predicted molar refractivity (Wildman–Crippen MR) is 102 cm³/mol. The van der Waals surface area contributed by atoms with E-state index in [2.05, 4.69) is 35.0 Å². The highest BCUT2D eigenvalue weighted by atomic mass is 16.5. The fourth-order valence-electron chi connectivity index (χ4n) is 3.92. The van der Waals surface area contributed by atoms with Gasteiger partial charge in [-0.15, -0.1) is 0 Å². The maximum absolute atomic E-state index is 12.9. The molecule has 2 aromatic rings. The third-order valence-electron chi connectivity index (χ3n) is 5.36. The minimum atomic E-state index is 0.0235. The lowest BCUT2D eigenvalue weighted by atomic mass is 9.88. The van der Waals surface area contributed by atoms with E-state index in [4.69, 9.17) is 9.47 Å². The summed E-state index contributed by atoms with van der Waals surface area (Å²) in [5.74, 6) is 1.67. The highest BCUT2D eigenvalue weighted by molar-refractivity contribution is 5.78. The topological polar surface area (TPSA) is 43.7 Å². The number of fused-ring (bicyclic) bond motifs is 2. The lowest BCUT2D eigenvalue weighted by molar-refractivity contribution is -0.131. The van der Waals surface area contributed by atoms with E-state index in [-0.39, 0.29) is 11.8 Å². The molecule has 26 heavy (non-hydrogen) atoms. The Kier molecular flexibility index (Phi) is 5.55. The van der Waals surface area contributed by atoms with Crippen LogP contribution in [-0.2, 0) is 17.8 Å². The van der Waals surface area contributed by atoms with Gasteiger partial charge in [0.05, 0.1) is 14.2 Å². The summed E-state index contributed by atoms with van der Waals surface area (Å²) < 4.78 is 13.3. The molecule has 0 spiro atoms. The molecule has 1 unspecified atom stereocenters. The van der Waals surface area contributed by atoms with E-state index in [0.29, 0.717) is 12.2 Å². The maximum Gasteiger partial charge on any atom is 0.223 e. The molecule has 5 heteroatoms. The molecule has 1 aromatic carbocycles. The van der Waals surface area contributed by atoms with Crippen LogP contribution < -0.4 is 9.47 Å². The molecule has 0 bridgehead atoms. The summed E-state index contributed by atoms with van der Waals surface area (Å²) in [6.07, 6.45) is 3.48. The summed E-state index contributed by atoms with van der Waals surface area (Å²) in [4.78, 5) is 14.8. The number of aromatic nitrogens is 1. The normalized spacial score (nSPS) is 15.6. The second-order valence-corrected chi connectivity index (χ2v) is 6.61. The molecule has 0 saturated carbocycles. The number of aryl methyl sites for hydroxylation is 2. The molecule has 0 saturated heterocycles. The summed E-state index contributed by atoms with van der Waals surface area (Å²) in [5, 5.41) is 0. The number of ether oxygens (including phenoxy) is 2. The number of carbonyl (C=O) groups excluding carboxylic acids is 1. The molecule has 1 aliphatic rings. The van der Waals surface area contributed by atoms with Gasteiger partial charge in [-0.1, -0.05) is 0 Å². The van der Waals surface area contributed by atoms with Crippen LogP contribution in [0.1, 0.15) is 43.0 Å². The molecule has 0 aliphatic carbocycles. The van der Waals surface area contributed by atoms with Gasteiger partial charge < -0.3 is 18.9 Å². The second kappa shape index (κ2) is 7.85. The van der Waals surface area contributed by atoms with E-state index in [1.165, 1.54) is 16.8 Å². The minimum Gasteiger partial charge on any atom is -0.493 e. The van der Waals surface area contributed by atoms with Crippen LogP contribution in [0.5, 0.6) is 11.5 Å². The summed E-state index contributed by atoms with van der Waals surface area (Å²) in [7, 11) is 3.31. The number of amides is 1. The van der Waals surface area contributed by atoms with Crippen molar-refractivity contribution in [3.05, 3.63) is 47.3 Å². The van der Waals surface area contributed by atoms with Crippen molar-refractivity contribution in [1.29, 1.82) is 0 Å².